The van der Waals surface area contributed by atoms with Crippen LogP contribution in [0.3, 0.4) is 0 Å². The van der Waals surface area contributed by atoms with Crippen molar-refractivity contribution in [2.45, 2.75) is 166 Å². The van der Waals surface area contributed by atoms with Gasteiger partial charge in [-0.15, -0.1) is 0 Å². The van der Waals surface area contributed by atoms with Gasteiger partial charge in [0.25, 0.3) is 0 Å². The lowest BCUT2D eigenvalue weighted by molar-refractivity contribution is -0.249. The highest BCUT2D eigenvalue weighted by Crippen LogP contribution is 2.78. The highest BCUT2D eigenvalue weighted by atomic mass is 16.5. The lowest BCUT2D eigenvalue weighted by Gasteiger charge is -2.73. The molecule has 8 nitrogen and oxygen atoms in total. The van der Waals surface area contributed by atoms with Gasteiger partial charge >= 0.3 is 11.9 Å². The van der Waals surface area contributed by atoms with Gasteiger partial charge in [-0.2, -0.15) is 0 Å². The number of carbonyl (C=O) groups excluding carboxylic acids is 3. The fourth-order valence-electron chi connectivity index (χ4n) is 16.2. The number of amides is 1. The molecule has 7 fully saturated rings. The van der Waals surface area contributed by atoms with Crippen molar-refractivity contribution in [3.05, 3.63) is 12.2 Å². The smallest absolute Gasteiger partial charge is 0.309 e. The Morgan fingerprint density at radius 1 is 0.793 bits per heavy atom. The topological polar surface area (TPSA) is 104 Å². The molecule has 1 amide bonds. The van der Waals surface area contributed by atoms with Crippen molar-refractivity contribution in [1.82, 2.24) is 9.80 Å². The average Bonchev–Trinajstić information content (AvgIpc) is 3.55. The zero-order valence-electron chi connectivity index (χ0n) is 38.4. The maximum atomic E-state index is 15.2. The van der Waals surface area contributed by atoms with Gasteiger partial charge in [-0.05, 0) is 155 Å². The number of rotatable bonds is 10. The highest BCUT2D eigenvalue weighted by molar-refractivity contribution is 5.87. The summed E-state index contributed by atoms with van der Waals surface area (Å²) in [7, 11) is 0. The second kappa shape index (κ2) is 14.7. The number of ketones is 1. The van der Waals surface area contributed by atoms with Crippen LogP contribution in [-0.4, -0.2) is 77.4 Å². The standard InChI is InChI=1S/C50H80N2O6/c1-13-51-24-26-52(27-25-51)42(55)35-28-32(45(35,6)7)29-38(53)50-21-16-33(31(2)3)41(50)34-14-15-37-47(10)19-18-39(58-40(54)30-44(4,5)43(56)57)46(8,9)36(47)17-20-49(37,12)48(34,11)22-23-50/h32-37,39,41H,2,13-30H2,1,3-12H3,(H,56,57)/t32-,33+,34-,35+,36+,37-,39+,41-,47+,48-,49-,50-/m1/s1. The third kappa shape index (κ3) is 6.50. The number of carbonyl (C=O) groups is 4. The summed E-state index contributed by atoms with van der Waals surface area (Å²) in [6, 6.07) is 0. The number of carboxylic acid groups (broad SMARTS) is 1. The SMILES string of the molecule is C=C(C)[C@@H]1CC[C@]2(C(=O)C[C@H]3C[C@@H](C(=O)N4CCN(CC)CC4)C3(C)C)CC[C@]3(C)[C@H](CC[C@@H]4[C@@]5(C)CC[C@H](OC(=O)CC(C)(C)C(=O)O)C(C)(C)[C@@H]5CC[C@]43C)[C@@H]12. The summed E-state index contributed by atoms with van der Waals surface area (Å²) in [5, 5.41) is 9.66. The molecule has 0 spiro atoms. The summed E-state index contributed by atoms with van der Waals surface area (Å²) in [5.74, 6) is 1.82. The predicted octanol–water partition coefficient (Wildman–Crippen LogP) is 9.84. The molecule has 8 heteroatoms. The van der Waals surface area contributed by atoms with E-state index in [4.69, 9.17) is 4.74 Å². The number of allylic oxidation sites excluding steroid dienone is 1. The summed E-state index contributed by atoms with van der Waals surface area (Å²) < 4.78 is 6.21. The molecule has 1 saturated heterocycles. The molecule has 326 valence electrons. The number of ether oxygens (including phenoxy) is 1. The lowest BCUT2D eigenvalue weighted by Crippen LogP contribution is -2.67. The maximum Gasteiger partial charge on any atom is 0.309 e. The fraction of sp³-hybridized carbons (Fsp3) is 0.880. The Bertz CT molecular complexity index is 1670. The monoisotopic (exact) mass is 805 g/mol. The molecule has 0 radical (unpaired) electrons. The Morgan fingerprint density at radius 3 is 2.07 bits per heavy atom. The van der Waals surface area contributed by atoms with E-state index in [1.54, 1.807) is 13.8 Å². The van der Waals surface area contributed by atoms with Gasteiger partial charge in [0.2, 0.25) is 5.91 Å². The van der Waals surface area contributed by atoms with E-state index in [0.29, 0.717) is 47.7 Å². The summed E-state index contributed by atoms with van der Waals surface area (Å²) in [6.45, 7) is 33.7. The number of piperazine rings is 1. The molecule has 6 aliphatic carbocycles. The maximum absolute atomic E-state index is 15.2. The normalized spacial score (nSPS) is 43.1. The largest absolute Gasteiger partial charge is 0.481 e. The van der Waals surface area contributed by atoms with Gasteiger partial charge < -0.3 is 19.6 Å². The Balaban J connectivity index is 1.08. The van der Waals surface area contributed by atoms with Crippen LogP contribution in [0.2, 0.25) is 0 Å². The predicted molar refractivity (Wildman–Crippen MR) is 229 cm³/mol. The van der Waals surface area contributed by atoms with E-state index < -0.39 is 17.4 Å². The van der Waals surface area contributed by atoms with Crippen LogP contribution in [0.5, 0.6) is 0 Å². The molecule has 12 atom stereocenters. The van der Waals surface area contributed by atoms with Crippen LogP contribution >= 0.6 is 0 Å². The number of hydrogen-bond acceptors (Lipinski definition) is 6. The summed E-state index contributed by atoms with van der Waals surface area (Å²) in [4.78, 5) is 58.5. The fourth-order valence-corrected chi connectivity index (χ4v) is 16.2. The average molecular weight is 805 g/mol. The first-order valence-electron chi connectivity index (χ1n) is 23.5. The molecule has 1 heterocycles. The molecule has 58 heavy (non-hydrogen) atoms. The highest BCUT2D eigenvalue weighted by Gasteiger charge is 2.72. The minimum atomic E-state index is -1.16. The van der Waals surface area contributed by atoms with Crippen LogP contribution < -0.4 is 0 Å². The van der Waals surface area contributed by atoms with Gasteiger partial charge in [0.05, 0.1) is 11.8 Å². The quantitative estimate of drug-likeness (QED) is 0.173. The number of hydrogen-bond donors (Lipinski definition) is 1. The molecule has 1 aliphatic heterocycles. The Hall–Kier alpha value is -2.22. The number of aliphatic carboxylic acids is 1. The molecule has 0 aromatic rings. The van der Waals surface area contributed by atoms with E-state index in [-0.39, 0.29) is 56.9 Å². The first-order chi connectivity index (χ1) is 26.9. The van der Waals surface area contributed by atoms with Crippen LogP contribution in [0.1, 0.15) is 160 Å². The van der Waals surface area contributed by atoms with Gasteiger partial charge in [-0.25, -0.2) is 0 Å². The van der Waals surface area contributed by atoms with Crippen molar-refractivity contribution in [2.24, 2.45) is 79.3 Å². The Labute approximate surface area is 351 Å². The molecule has 1 N–H and O–H groups in total. The van der Waals surface area contributed by atoms with Crippen LogP contribution in [0, 0.1) is 79.3 Å². The van der Waals surface area contributed by atoms with Crippen LogP contribution in [0.4, 0.5) is 0 Å². The Kier molecular flexibility index (Phi) is 11.1. The number of nitrogens with zero attached hydrogens (tertiary/aromatic N) is 2. The zero-order chi connectivity index (χ0) is 42.6. The van der Waals surface area contributed by atoms with E-state index in [2.05, 4.69) is 78.7 Å². The van der Waals surface area contributed by atoms with Crippen molar-refractivity contribution in [3.8, 4) is 0 Å². The van der Waals surface area contributed by atoms with Crippen molar-refractivity contribution in [3.63, 3.8) is 0 Å². The van der Waals surface area contributed by atoms with E-state index >= 15 is 4.79 Å². The van der Waals surface area contributed by atoms with Crippen LogP contribution in [-0.2, 0) is 23.9 Å². The van der Waals surface area contributed by atoms with Gasteiger partial charge in [-0.3, -0.25) is 19.2 Å². The van der Waals surface area contributed by atoms with Crippen molar-refractivity contribution in [2.75, 3.05) is 32.7 Å². The van der Waals surface area contributed by atoms with Crippen LogP contribution in [0.15, 0.2) is 12.2 Å². The second-order valence-electron chi connectivity index (χ2n) is 23.7. The first kappa shape index (κ1) is 43.9. The lowest BCUT2D eigenvalue weighted by atomic mass is 9.32. The van der Waals surface area contributed by atoms with Gasteiger partial charge in [0.15, 0.2) is 0 Å². The van der Waals surface area contributed by atoms with E-state index in [1.807, 2.05) is 0 Å². The summed E-state index contributed by atoms with van der Waals surface area (Å²) in [6.07, 6.45) is 11.6. The molecule has 6 saturated carbocycles. The van der Waals surface area contributed by atoms with E-state index in [0.717, 1.165) is 96.9 Å². The summed E-state index contributed by atoms with van der Waals surface area (Å²) in [5.41, 5.74) is -0.229. The second-order valence-corrected chi connectivity index (χ2v) is 23.7. The van der Waals surface area contributed by atoms with Crippen molar-refractivity contribution < 1.29 is 29.0 Å². The van der Waals surface area contributed by atoms with E-state index in [9.17, 15) is 19.5 Å². The third-order valence-electron chi connectivity index (χ3n) is 20.3. The van der Waals surface area contributed by atoms with Gasteiger partial charge in [0.1, 0.15) is 11.9 Å². The first-order valence-corrected chi connectivity index (χ1v) is 23.5. The Morgan fingerprint density at radius 2 is 1.47 bits per heavy atom. The minimum Gasteiger partial charge on any atom is -0.481 e. The molecule has 0 unspecified atom stereocenters. The number of Topliss-reactive ketones (excluding diaryl/α,β-unsaturated/α-hetero) is 1. The molecule has 0 bridgehead atoms. The van der Waals surface area contributed by atoms with Crippen LogP contribution in [0.25, 0.3) is 0 Å². The molecule has 7 aliphatic rings. The van der Waals surface area contributed by atoms with Gasteiger partial charge in [-0.1, -0.05) is 67.5 Å². The van der Waals surface area contributed by atoms with E-state index in [1.165, 1.54) is 12.0 Å². The molecule has 0 aromatic carbocycles. The van der Waals surface area contributed by atoms with Crippen molar-refractivity contribution in [1.29, 1.82) is 0 Å². The molecule has 0 aromatic heterocycles. The number of fused-ring (bicyclic) bond motifs is 7. The molecule has 7 rings (SSSR count). The number of esters is 1. The molecular formula is C50H80N2O6. The minimum absolute atomic E-state index is 0.0102. The third-order valence-corrected chi connectivity index (χ3v) is 20.3. The van der Waals surface area contributed by atoms with Crippen molar-refractivity contribution >= 4 is 23.6 Å². The number of carboxylic acids is 1. The zero-order valence-corrected chi connectivity index (χ0v) is 38.4. The summed E-state index contributed by atoms with van der Waals surface area (Å²) >= 11 is 0. The number of likely N-dealkylation sites (N-methyl/N-ethyl adjacent to an activating group) is 1. The molecular weight excluding hydrogens is 725 g/mol. The van der Waals surface area contributed by atoms with Gasteiger partial charge in [0, 0.05) is 49.3 Å².